The van der Waals surface area contributed by atoms with Gasteiger partial charge in [-0.2, -0.15) is 0 Å². The molecule has 0 aromatic heterocycles. The van der Waals surface area contributed by atoms with Gasteiger partial charge in [0.05, 0.1) is 6.54 Å². The number of aliphatic imine (C=N–C) groups is 1. The largest absolute Gasteiger partial charge is 0.292 e. The predicted molar refractivity (Wildman–Crippen MR) is 57.9 cm³/mol. The van der Waals surface area contributed by atoms with Gasteiger partial charge in [-0.1, -0.05) is 31.2 Å². The van der Waals surface area contributed by atoms with Crippen LogP contribution in [-0.2, 0) is 13.0 Å². The molecule has 74 valence electrons. The van der Waals surface area contributed by atoms with Crippen molar-refractivity contribution in [3.8, 4) is 0 Å². The van der Waals surface area contributed by atoms with Crippen LogP contribution in [0, 0.1) is 0 Å². The fourth-order valence-corrected chi connectivity index (χ4v) is 1.49. The second kappa shape index (κ2) is 4.24. The van der Waals surface area contributed by atoms with Gasteiger partial charge in [-0.05, 0) is 17.5 Å². The molecular formula is C11H15N3. The van der Waals surface area contributed by atoms with Gasteiger partial charge in [0.2, 0.25) is 0 Å². The van der Waals surface area contributed by atoms with Crippen LogP contribution in [0.4, 0.5) is 0 Å². The van der Waals surface area contributed by atoms with Gasteiger partial charge in [-0.3, -0.25) is 10.0 Å². The maximum atomic E-state index is 4.08. The lowest BCUT2D eigenvalue weighted by Gasteiger charge is -2.14. The van der Waals surface area contributed by atoms with Crippen molar-refractivity contribution in [1.29, 1.82) is 0 Å². The van der Waals surface area contributed by atoms with E-state index in [0.717, 1.165) is 13.0 Å². The number of hydrogen-bond donors (Lipinski definition) is 1. The first-order valence-corrected chi connectivity index (χ1v) is 4.96. The standard InChI is InChI=1S/C11H15N3/c1-2-10-3-5-11(6-4-10)7-14-9-12-8-13-14/h3-6,9,13H,2,7-8H2,1H3. The molecule has 1 heterocycles. The number of rotatable bonds is 3. The monoisotopic (exact) mass is 189 g/mol. The van der Waals surface area contributed by atoms with Crippen LogP contribution in [0.15, 0.2) is 29.3 Å². The van der Waals surface area contributed by atoms with Crippen LogP contribution in [0.25, 0.3) is 0 Å². The van der Waals surface area contributed by atoms with Crippen molar-refractivity contribution in [1.82, 2.24) is 10.4 Å². The van der Waals surface area contributed by atoms with E-state index in [2.05, 4.69) is 41.6 Å². The number of hydrazine groups is 1. The van der Waals surface area contributed by atoms with Crippen LogP contribution in [0.5, 0.6) is 0 Å². The van der Waals surface area contributed by atoms with Crippen molar-refractivity contribution < 1.29 is 0 Å². The number of benzene rings is 1. The summed E-state index contributed by atoms with van der Waals surface area (Å²) >= 11 is 0. The van der Waals surface area contributed by atoms with Crippen molar-refractivity contribution in [3.05, 3.63) is 35.4 Å². The highest BCUT2D eigenvalue weighted by molar-refractivity contribution is 5.55. The van der Waals surface area contributed by atoms with Crippen LogP contribution in [-0.4, -0.2) is 18.0 Å². The smallest absolute Gasteiger partial charge is 0.107 e. The molecule has 14 heavy (non-hydrogen) atoms. The van der Waals surface area contributed by atoms with Crippen LogP contribution < -0.4 is 5.43 Å². The molecule has 0 saturated heterocycles. The van der Waals surface area contributed by atoms with Crippen molar-refractivity contribution in [2.75, 3.05) is 6.67 Å². The van der Waals surface area contributed by atoms with Gasteiger partial charge in [0.1, 0.15) is 13.0 Å². The van der Waals surface area contributed by atoms with Crippen molar-refractivity contribution in [2.45, 2.75) is 19.9 Å². The van der Waals surface area contributed by atoms with Crippen LogP contribution in [0.3, 0.4) is 0 Å². The summed E-state index contributed by atoms with van der Waals surface area (Å²) in [6, 6.07) is 8.71. The van der Waals surface area contributed by atoms with Gasteiger partial charge >= 0.3 is 0 Å². The second-order valence-corrected chi connectivity index (χ2v) is 3.41. The van der Waals surface area contributed by atoms with E-state index < -0.39 is 0 Å². The number of nitrogens with zero attached hydrogens (tertiary/aromatic N) is 2. The zero-order valence-electron chi connectivity index (χ0n) is 8.40. The highest BCUT2D eigenvalue weighted by Crippen LogP contribution is 2.07. The van der Waals surface area contributed by atoms with E-state index in [-0.39, 0.29) is 0 Å². The van der Waals surface area contributed by atoms with Crippen molar-refractivity contribution in [3.63, 3.8) is 0 Å². The van der Waals surface area contributed by atoms with Gasteiger partial charge in [0.25, 0.3) is 0 Å². The van der Waals surface area contributed by atoms with Crippen LogP contribution in [0.2, 0.25) is 0 Å². The summed E-state index contributed by atoms with van der Waals surface area (Å²) in [6.07, 6.45) is 2.94. The molecule has 0 atom stereocenters. The first-order chi connectivity index (χ1) is 6.88. The number of hydrogen-bond acceptors (Lipinski definition) is 3. The minimum absolute atomic E-state index is 0.701. The lowest BCUT2D eigenvalue weighted by atomic mass is 10.1. The Hall–Kier alpha value is -1.35. The number of aryl methyl sites for hydroxylation is 1. The molecule has 0 saturated carbocycles. The maximum Gasteiger partial charge on any atom is 0.107 e. The molecule has 3 nitrogen and oxygen atoms in total. The Morgan fingerprint density at radius 2 is 2.00 bits per heavy atom. The molecule has 1 aliphatic rings. The Balaban J connectivity index is 1.99. The Labute approximate surface area is 84.4 Å². The Morgan fingerprint density at radius 3 is 2.57 bits per heavy atom. The Kier molecular flexibility index (Phi) is 2.79. The van der Waals surface area contributed by atoms with Gasteiger partial charge < -0.3 is 0 Å². The lowest BCUT2D eigenvalue weighted by Crippen LogP contribution is -2.30. The molecule has 0 spiro atoms. The van der Waals surface area contributed by atoms with E-state index in [4.69, 9.17) is 0 Å². The molecule has 1 aromatic carbocycles. The molecule has 0 aliphatic carbocycles. The molecule has 1 aromatic rings. The molecule has 0 amide bonds. The van der Waals surface area contributed by atoms with Gasteiger partial charge in [-0.25, -0.2) is 5.43 Å². The van der Waals surface area contributed by atoms with E-state index in [1.54, 1.807) is 0 Å². The van der Waals surface area contributed by atoms with E-state index >= 15 is 0 Å². The van der Waals surface area contributed by atoms with Gasteiger partial charge in [-0.15, -0.1) is 0 Å². The molecule has 3 heteroatoms. The molecule has 1 N–H and O–H groups in total. The van der Waals surface area contributed by atoms with Crippen LogP contribution in [0.1, 0.15) is 18.1 Å². The summed E-state index contributed by atoms with van der Waals surface area (Å²) in [4.78, 5) is 4.08. The topological polar surface area (TPSA) is 27.6 Å². The summed E-state index contributed by atoms with van der Waals surface area (Å²) in [6.45, 7) is 3.75. The van der Waals surface area contributed by atoms with Crippen molar-refractivity contribution in [2.24, 2.45) is 4.99 Å². The zero-order chi connectivity index (χ0) is 9.80. The van der Waals surface area contributed by atoms with Gasteiger partial charge in [0.15, 0.2) is 0 Å². The van der Waals surface area contributed by atoms with E-state index in [9.17, 15) is 0 Å². The molecule has 0 fully saturated rings. The first-order valence-electron chi connectivity index (χ1n) is 4.96. The SMILES string of the molecule is CCc1ccc(CN2C=NCN2)cc1. The average molecular weight is 189 g/mol. The molecule has 0 unspecified atom stereocenters. The number of nitrogens with one attached hydrogen (secondary N) is 1. The maximum absolute atomic E-state index is 4.08. The Bertz CT molecular complexity index is 316. The zero-order valence-corrected chi connectivity index (χ0v) is 8.40. The third kappa shape index (κ3) is 2.12. The third-order valence-electron chi connectivity index (χ3n) is 2.37. The highest BCUT2D eigenvalue weighted by atomic mass is 15.6. The average Bonchev–Trinajstić information content (AvgIpc) is 2.72. The highest BCUT2D eigenvalue weighted by Gasteiger charge is 2.04. The molecule has 0 radical (unpaired) electrons. The lowest BCUT2D eigenvalue weighted by molar-refractivity contribution is 0.342. The molecule has 1 aliphatic heterocycles. The predicted octanol–water partition coefficient (Wildman–Crippen LogP) is 1.55. The quantitative estimate of drug-likeness (QED) is 0.781. The second-order valence-electron chi connectivity index (χ2n) is 3.41. The third-order valence-corrected chi connectivity index (χ3v) is 2.37. The summed E-state index contributed by atoms with van der Waals surface area (Å²) in [5, 5.41) is 2.00. The fourth-order valence-electron chi connectivity index (χ4n) is 1.49. The summed E-state index contributed by atoms with van der Waals surface area (Å²) < 4.78 is 0. The summed E-state index contributed by atoms with van der Waals surface area (Å²) in [5.41, 5.74) is 5.84. The first kappa shape index (κ1) is 9.21. The summed E-state index contributed by atoms with van der Waals surface area (Å²) in [7, 11) is 0. The van der Waals surface area contributed by atoms with E-state index in [1.807, 2.05) is 11.3 Å². The van der Waals surface area contributed by atoms with Crippen molar-refractivity contribution >= 4 is 6.34 Å². The fraction of sp³-hybridized carbons (Fsp3) is 0.364. The molecule has 2 rings (SSSR count). The summed E-state index contributed by atoms with van der Waals surface area (Å²) in [5.74, 6) is 0. The van der Waals surface area contributed by atoms with E-state index in [0.29, 0.717) is 6.67 Å². The molecule has 0 bridgehead atoms. The van der Waals surface area contributed by atoms with Gasteiger partial charge in [0, 0.05) is 0 Å². The molecular weight excluding hydrogens is 174 g/mol. The van der Waals surface area contributed by atoms with Crippen LogP contribution >= 0.6 is 0 Å². The normalized spacial score (nSPS) is 15.1. The minimum Gasteiger partial charge on any atom is -0.292 e. The minimum atomic E-state index is 0.701. The Morgan fingerprint density at radius 1 is 1.29 bits per heavy atom. The van der Waals surface area contributed by atoms with E-state index in [1.165, 1.54) is 11.1 Å².